The number of ether oxygens (including phenoxy) is 2. The van der Waals surface area contributed by atoms with Gasteiger partial charge in [0.1, 0.15) is 0 Å². The Kier molecular flexibility index (Phi) is 15.6. The van der Waals surface area contributed by atoms with E-state index in [1.807, 2.05) is 6.92 Å². The molecule has 0 saturated carbocycles. The summed E-state index contributed by atoms with van der Waals surface area (Å²) in [5.41, 5.74) is 0. The summed E-state index contributed by atoms with van der Waals surface area (Å²) in [6.07, 6.45) is 16.6. The Morgan fingerprint density at radius 2 is 1.19 bits per heavy atom. The topological polar surface area (TPSA) is 52.6 Å². The van der Waals surface area contributed by atoms with Crippen LogP contribution in [0.15, 0.2) is 24.3 Å². The maximum Gasteiger partial charge on any atom is 0.314 e. The largest absolute Gasteiger partial charge is 0.423 e. The highest BCUT2D eigenvalue weighted by Gasteiger charge is 2.18. The number of rotatable bonds is 18. The molecule has 1 aromatic rings. The fraction of sp³-hybridized carbons (Fsp3) is 0.704. The lowest BCUT2D eigenvalue weighted by Gasteiger charge is -2.14. The zero-order valence-corrected chi connectivity index (χ0v) is 20.1. The molecule has 0 fully saturated rings. The minimum Gasteiger partial charge on any atom is -0.423 e. The molecule has 31 heavy (non-hydrogen) atoms. The molecule has 0 saturated heterocycles. The van der Waals surface area contributed by atoms with Gasteiger partial charge in [0.25, 0.3) is 0 Å². The van der Waals surface area contributed by atoms with E-state index in [9.17, 15) is 9.59 Å². The Bertz CT molecular complexity index is 611. The van der Waals surface area contributed by atoms with Gasteiger partial charge < -0.3 is 9.47 Å². The van der Waals surface area contributed by atoms with Crippen molar-refractivity contribution in [3.8, 4) is 11.5 Å². The number of carbonyl (C=O) groups is 2. The third kappa shape index (κ3) is 13.2. The summed E-state index contributed by atoms with van der Waals surface area (Å²) in [7, 11) is 0. The van der Waals surface area contributed by atoms with Gasteiger partial charge in [-0.2, -0.15) is 0 Å². The minimum atomic E-state index is -0.265. The highest BCUT2D eigenvalue weighted by Crippen LogP contribution is 2.28. The van der Waals surface area contributed by atoms with Crippen molar-refractivity contribution < 1.29 is 19.1 Å². The summed E-state index contributed by atoms with van der Waals surface area (Å²) >= 11 is 0. The first-order valence-corrected chi connectivity index (χ1v) is 12.6. The Balaban J connectivity index is 2.34. The summed E-state index contributed by atoms with van der Waals surface area (Å²) < 4.78 is 11.1. The summed E-state index contributed by atoms with van der Waals surface area (Å²) in [6.45, 7) is 6.32. The van der Waals surface area contributed by atoms with Gasteiger partial charge in [-0.3, -0.25) is 9.59 Å². The molecule has 176 valence electrons. The summed E-state index contributed by atoms with van der Waals surface area (Å²) in [5.74, 6) is -0.0339. The van der Waals surface area contributed by atoms with E-state index in [1.54, 1.807) is 24.3 Å². The Morgan fingerprint density at radius 1 is 0.710 bits per heavy atom. The maximum absolute atomic E-state index is 12.4. The molecule has 0 aromatic heterocycles. The number of esters is 2. The van der Waals surface area contributed by atoms with E-state index in [0.29, 0.717) is 17.9 Å². The first-order chi connectivity index (χ1) is 15.1. The molecule has 0 spiro atoms. The Morgan fingerprint density at radius 3 is 1.77 bits per heavy atom. The quantitative estimate of drug-likeness (QED) is 0.134. The fourth-order valence-electron chi connectivity index (χ4n) is 3.58. The highest BCUT2D eigenvalue weighted by atomic mass is 16.6. The Labute approximate surface area is 190 Å². The van der Waals surface area contributed by atoms with Crippen LogP contribution in [-0.4, -0.2) is 11.9 Å². The lowest BCUT2D eigenvalue weighted by molar-refractivity contribution is -0.140. The van der Waals surface area contributed by atoms with Gasteiger partial charge in [-0.15, -0.1) is 0 Å². The smallest absolute Gasteiger partial charge is 0.314 e. The van der Waals surface area contributed by atoms with E-state index in [4.69, 9.17) is 9.47 Å². The van der Waals surface area contributed by atoms with Gasteiger partial charge in [-0.1, -0.05) is 110 Å². The number of unbranched alkanes of at least 4 members (excludes halogenated alkanes) is 11. The number of hydrogen-bond donors (Lipinski definition) is 0. The van der Waals surface area contributed by atoms with Gasteiger partial charge in [0, 0.05) is 6.42 Å². The average molecular weight is 433 g/mol. The van der Waals surface area contributed by atoms with Crippen LogP contribution in [0.25, 0.3) is 0 Å². The summed E-state index contributed by atoms with van der Waals surface area (Å²) in [5, 5.41) is 0. The SMILES string of the molecule is CCCCCCCCCCC(=O)Oc1ccccc1OC(=O)C(C)CCCCCCC. The van der Waals surface area contributed by atoms with E-state index < -0.39 is 0 Å². The van der Waals surface area contributed by atoms with Gasteiger partial charge in [-0.25, -0.2) is 0 Å². The van der Waals surface area contributed by atoms with Crippen LogP contribution in [-0.2, 0) is 9.59 Å². The predicted octanol–water partition coefficient (Wildman–Crippen LogP) is 8.02. The highest BCUT2D eigenvalue weighted by molar-refractivity contribution is 5.77. The van der Waals surface area contributed by atoms with Crippen LogP contribution >= 0.6 is 0 Å². The van der Waals surface area contributed by atoms with Crippen LogP contribution < -0.4 is 9.47 Å². The van der Waals surface area contributed by atoms with Crippen LogP contribution in [0.4, 0.5) is 0 Å². The Hall–Kier alpha value is -1.84. The third-order valence-electron chi connectivity index (χ3n) is 5.66. The number of benzene rings is 1. The molecule has 0 heterocycles. The lowest BCUT2D eigenvalue weighted by atomic mass is 10.0. The second-order valence-electron chi connectivity index (χ2n) is 8.67. The molecule has 0 radical (unpaired) electrons. The number of carbonyl (C=O) groups excluding carboxylic acids is 2. The summed E-state index contributed by atoms with van der Waals surface area (Å²) in [4.78, 5) is 24.7. The van der Waals surface area contributed by atoms with Crippen LogP contribution in [0.1, 0.15) is 117 Å². The van der Waals surface area contributed by atoms with E-state index in [0.717, 1.165) is 32.1 Å². The predicted molar refractivity (Wildman–Crippen MR) is 127 cm³/mol. The molecule has 0 aliphatic heterocycles. The minimum absolute atomic E-state index is 0.164. The summed E-state index contributed by atoms with van der Waals surface area (Å²) in [6, 6.07) is 6.94. The van der Waals surface area contributed by atoms with Crippen molar-refractivity contribution in [2.75, 3.05) is 0 Å². The molecular weight excluding hydrogens is 388 g/mol. The molecule has 1 rings (SSSR count). The molecule has 0 amide bonds. The lowest BCUT2D eigenvalue weighted by Crippen LogP contribution is -2.18. The van der Waals surface area contributed by atoms with Gasteiger partial charge in [0.05, 0.1) is 5.92 Å². The van der Waals surface area contributed by atoms with E-state index in [1.165, 1.54) is 57.8 Å². The molecule has 0 bridgehead atoms. The molecule has 1 unspecified atom stereocenters. The van der Waals surface area contributed by atoms with E-state index >= 15 is 0 Å². The van der Waals surface area contributed by atoms with Crippen molar-refractivity contribution in [1.29, 1.82) is 0 Å². The average Bonchev–Trinajstić information content (AvgIpc) is 2.76. The molecule has 0 N–H and O–H groups in total. The van der Waals surface area contributed by atoms with Crippen LogP contribution in [0, 0.1) is 5.92 Å². The monoisotopic (exact) mass is 432 g/mol. The van der Waals surface area contributed by atoms with Gasteiger partial charge >= 0.3 is 11.9 Å². The van der Waals surface area contributed by atoms with Crippen molar-refractivity contribution in [3.63, 3.8) is 0 Å². The normalized spacial score (nSPS) is 11.8. The van der Waals surface area contributed by atoms with Gasteiger partial charge in [0.15, 0.2) is 11.5 Å². The van der Waals surface area contributed by atoms with Gasteiger partial charge in [0.2, 0.25) is 0 Å². The van der Waals surface area contributed by atoms with Crippen molar-refractivity contribution in [1.82, 2.24) is 0 Å². The first-order valence-electron chi connectivity index (χ1n) is 12.6. The van der Waals surface area contributed by atoms with E-state index in [-0.39, 0.29) is 17.9 Å². The van der Waals surface area contributed by atoms with Crippen molar-refractivity contribution in [3.05, 3.63) is 24.3 Å². The zero-order valence-electron chi connectivity index (χ0n) is 20.1. The second-order valence-corrected chi connectivity index (χ2v) is 8.67. The van der Waals surface area contributed by atoms with Crippen LogP contribution in [0.2, 0.25) is 0 Å². The van der Waals surface area contributed by atoms with E-state index in [2.05, 4.69) is 13.8 Å². The molecule has 4 nitrogen and oxygen atoms in total. The van der Waals surface area contributed by atoms with Crippen molar-refractivity contribution >= 4 is 11.9 Å². The number of para-hydroxylation sites is 2. The second kappa shape index (κ2) is 17.8. The fourth-order valence-corrected chi connectivity index (χ4v) is 3.58. The zero-order chi connectivity index (χ0) is 22.7. The van der Waals surface area contributed by atoms with Crippen LogP contribution in [0.3, 0.4) is 0 Å². The third-order valence-corrected chi connectivity index (χ3v) is 5.66. The van der Waals surface area contributed by atoms with Crippen molar-refractivity contribution in [2.45, 2.75) is 117 Å². The molecule has 4 heteroatoms. The first kappa shape index (κ1) is 27.2. The molecule has 1 aromatic carbocycles. The standard InChI is InChI=1S/C27H44O4/c1-4-6-8-10-11-12-14-16-22-26(28)30-24-20-17-18-21-25(24)31-27(29)23(3)19-15-13-9-7-5-2/h17-18,20-21,23H,4-16,19,22H2,1-3H3. The van der Waals surface area contributed by atoms with Crippen molar-refractivity contribution in [2.24, 2.45) is 5.92 Å². The van der Waals surface area contributed by atoms with Crippen LogP contribution in [0.5, 0.6) is 11.5 Å². The number of hydrogen-bond acceptors (Lipinski definition) is 4. The molecular formula is C27H44O4. The maximum atomic E-state index is 12.4. The molecule has 1 atom stereocenters. The molecule has 0 aliphatic rings. The van der Waals surface area contributed by atoms with Gasteiger partial charge in [-0.05, 0) is 25.0 Å². The molecule has 0 aliphatic carbocycles.